The fourth-order valence-corrected chi connectivity index (χ4v) is 3.86. The predicted molar refractivity (Wildman–Crippen MR) is 93.0 cm³/mol. The van der Waals surface area contributed by atoms with Crippen molar-refractivity contribution >= 4 is 12.2 Å². The molecule has 0 atom stereocenters. The fourth-order valence-electron chi connectivity index (χ4n) is 3.86. The first kappa shape index (κ1) is 18.8. The van der Waals surface area contributed by atoms with Gasteiger partial charge in [-0.05, 0) is 49.7 Å². The molecule has 0 unspecified atom stereocenters. The van der Waals surface area contributed by atoms with E-state index < -0.39 is 23.3 Å². The molecule has 6 heteroatoms. The van der Waals surface area contributed by atoms with Crippen molar-refractivity contribution in [3.63, 3.8) is 0 Å². The zero-order chi connectivity index (χ0) is 18.7. The molecule has 1 aliphatic carbocycles. The van der Waals surface area contributed by atoms with Gasteiger partial charge in [0.2, 0.25) is 0 Å². The van der Waals surface area contributed by atoms with Gasteiger partial charge < -0.3 is 14.4 Å². The third-order valence-electron chi connectivity index (χ3n) is 5.43. The Morgan fingerprint density at radius 2 is 2.00 bits per heavy atom. The van der Waals surface area contributed by atoms with Gasteiger partial charge in [0.25, 0.3) is 5.91 Å². The second kappa shape index (κ2) is 8.14. The van der Waals surface area contributed by atoms with Gasteiger partial charge in [-0.2, -0.15) is 0 Å². The topological polar surface area (TPSA) is 46.6 Å². The lowest BCUT2D eigenvalue weighted by atomic mass is 9.82. The first-order valence-electron chi connectivity index (χ1n) is 9.43. The number of halogens is 2. The minimum atomic E-state index is -0.881. The SMILES string of the molecule is CCCCOc1c(F)cc2c(c1F)C(=O)N(CC1CCC(C=O)CC1)C2. The van der Waals surface area contributed by atoms with Crippen molar-refractivity contribution in [1.82, 2.24) is 4.90 Å². The Morgan fingerprint density at radius 3 is 2.65 bits per heavy atom. The van der Waals surface area contributed by atoms with Gasteiger partial charge in [-0.3, -0.25) is 4.79 Å². The predicted octanol–water partition coefficient (Wildman–Crippen LogP) is 4.10. The maximum atomic E-state index is 14.7. The van der Waals surface area contributed by atoms with Crippen LogP contribution in [0.4, 0.5) is 8.78 Å². The van der Waals surface area contributed by atoms with Crippen LogP contribution in [-0.4, -0.2) is 30.2 Å². The van der Waals surface area contributed by atoms with E-state index in [1.54, 1.807) is 4.90 Å². The van der Waals surface area contributed by atoms with E-state index in [0.717, 1.165) is 38.4 Å². The molecule has 0 spiro atoms. The maximum Gasteiger partial charge on any atom is 0.257 e. The van der Waals surface area contributed by atoms with Gasteiger partial charge in [0.15, 0.2) is 17.4 Å². The molecule has 3 rings (SSSR count). The number of nitrogens with zero attached hydrogens (tertiary/aromatic N) is 1. The van der Waals surface area contributed by atoms with E-state index in [0.29, 0.717) is 24.4 Å². The van der Waals surface area contributed by atoms with Crippen molar-refractivity contribution in [2.75, 3.05) is 13.2 Å². The van der Waals surface area contributed by atoms with E-state index >= 15 is 0 Å². The summed E-state index contributed by atoms with van der Waals surface area (Å²) in [6.45, 7) is 2.93. The Hall–Kier alpha value is -1.98. The molecule has 0 radical (unpaired) electrons. The van der Waals surface area contributed by atoms with Crippen LogP contribution in [0.5, 0.6) is 5.75 Å². The molecule has 4 nitrogen and oxygen atoms in total. The van der Waals surface area contributed by atoms with Crippen molar-refractivity contribution in [2.24, 2.45) is 11.8 Å². The number of unbranched alkanes of at least 4 members (excludes halogenated alkanes) is 1. The molecule has 1 aromatic carbocycles. The molecule has 1 amide bonds. The average Bonchev–Trinajstić information content (AvgIpc) is 2.94. The van der Waals surface area contributed by atoms with Crippen LogP contribution in [0.2, 0.25) is 0 Å². The van der Waals surface area contributed by atoms with Gasteiger partial charge in [-0.1, -0.05) is 13.3 Å². The Morgan fingerprint density at radius 1 is 1.27 bits per heavy atom. The molecule has 0 aromatic heterocycles. The van der Waals surface area contributed by atoms with Crippen LogP contribution in [0.25, 0.3) is 0 Å². The Labute approximate surface area is 152 Å². The lowest BCUT2D eigenvalue weighted by Gasteiger charge is -2.29. The fraction of sp³-hybridized carbons (Fsp3) is 0.600. The van der Waals surface area contributed by atoms with Crippen LogP contribution >= 0.6 is 0 Å². The molecule has 2 aliphatic rings. The number of ether oxygens (including phenoxy) is 1. The maximum absolute atomic E-state index is 14.7. The van der Waals surface area contributed by atoms with Crippen molar-refractivity contribution in [2.45, 2.75) is 52.0 Å². The summed E-state index contributed by atoms with van der Waals surface area (Å²) in [5.74, 6) is -2.05. The summed E-state index contributed by atoms with van der Waals surface area (Å²) in [7, 11) is 0. The second-order valence-electron chi connectivity index (χ2n) is 7.34. The summed E-state index contributed by atoms with van der Waals surface area (Å²) >= 11 is 0. The summed E-state index contributed by atoms with van der Waals surface area (Å²) in [5, 5.41) is 0. The quantitative estimate of drug-likeness (QED) is 0.540. The molecule has 0 bridgehead atoms. The molecule has 1 saturated carbocycles. The number of hydrogen-bond donors (Lipinski definition) is 0. The Balaban J connectivity index is 1.70. The third kappa shape index (κ3) is 3.74. The standard InChI is InChI=1S/C20H25F2NO3/c1-2-3-8-26-19-16(21)9-15-11-23(20(25)17(15)18(19)22)10-13-4-6-14(12-24)7-5-13/h9,12-14H,2-8,10-11H2,1H3. The van der Waals surface area contributed by atoms with Crippen LogP contribution in [0.15, 0.2) is 6.07 Å². The number of amides is 1. The zero-order valence-corrected chi connectivity index (χ0v) is 15.1. The highest BCUT2D eigenvalue weighted by Crippen LogP contribution is 2.35. The number of carbonyl (C=O) groups is 2. The summed E-state index contributed by atoms with van der Waals surface area (Å²) in [5.41, 5.74) is 0.328. The molecule has 1 fully saturated rings. The van der Waals surface area contributed by atoms with Gasteiger partial charge in [-0.25, -0.2) is 8.78 Å². The van der Waals surface area contributed by atoms with Gasteiger partial charge in [0.05, 0.1) is 12.2 Å². The van der Waals surface area contributed by atoms with E-state index in [2.05, 4.69) is 0 Å². The van der Waals surface area contributed by atoms with E-state index in [1.165, 1.54) is 6.07 Å². The first-order chi connectivity index (χ1) is 12.5. The smallest absolute Gasteiger partial charge is 0.257 e. The summed E-state index contributed by atoms with van der Waals surface area (Å²) < 4.78 is 34.1. The molecule has 1 aromatic rings. The van der Waals surface area contributed by atoms with E-state index in [-0.39, 0.29) is 24.6 Å². The Kier molecular flexibility index (Phi) is 5.89. The van der Waals surface area contributed by atoms with Crippen molar-refractivity contribution in [1.29, 1.82) is 0 Å². The number of aldehydes is 1. The van der Waals surface area contributed by atoms with Crippen molar-refractivity contribution < 1.29 is 23.1 Å². The van der Waals surface area contributed by atoms with Gasteiger partial charge in [0, 0.05) is 19.0 Å². The van der Waals surface area contributed by atoms with Crippen LogP contribution in [0, 0.1) is 23.5 Å². The van der Waals surface area contributed by atoms with Gasteiger partial charge >= 0.3 is 0 Å². The lowest BCUT2D eigenvalue weighted by molar-refractivity contribution is -0.112. The minimum absolute atomic E-state index is 0.0560. The molecule has 1 aliphatic heterocycles. The minimum Gasteiger partial charge on any atom is -0.488 e. The molecule has 0 N–H and O–H groups in total. The molecule has 0 saturated heterocycles. The average molecular weight is 365 g/mol. The molecule has 142 valence electrons. The van der Waals surface area contributed by atoms with Crippen molar-refractivity contribution in [3.05, 3.63) is 28.8 Å². The van der Waals surface area contributed by atoms with E-state index in [9.17, 15) is 18.4 Å². The molecule has 26 heavy (non-hydrogen) atoms. The van der Waals surface area contributed by atoms with Gasteiger partial charge in [-0.15, -0.1) is 0 Å². The first-order valence-corrected chi connectivity index (χ1v) is 9.43. The monoisotopic (exact) mass is 365 g/mol. The van der Waals surface area contributed by atoms with Crippen LogP contribution in [-0.2, 0) is 11.3 Å². The van der Waals surface area contributed by atoms with Crippen LogP contribution in [0.1, 0.15) is 61.4 Å². The second-order valence-corrected chi connectivity index (χ2v) is 7.34. The molecular weight excluding hydrogens is 340 g/mol. The highest BCUT2D eigenvalue weighted by Gasteiger charge is 2.35. The number of hydrogen-bond acceptors (Lipinski definition) is 3. The number of benzene rings is 1. The summed E-state index contributed by atoms with van der Waals surface area (Å²) in [6.07, 6.45) is 5.98. The van der Waals surface area contributed by atoms with E-state index in [1.807, 2.05) is 6.92 Å². The van der Waals surface area contributed by atoms with Crippen LogP contribution in [0.3, 0.4) is 0 Å². The Bertz CT molecular complexity index is 684. The largest absolute Gasteiger partial charge is 0.488 e. The lowest BCUT2D eigenvalue weighted by Crippen LogP contribution is -2.32. The normalized spacial score (nSPS) is 22.4. The van der Waals surface area contributed by atoms with Gasteiger partial charge in [0.1, 0.15) is 6.29 Å². The van der Waals surface area contributed by atoms with Crippen LogP contribution < -0.4 is 4.74 Å². The number of carbonyl (C=O) groups excluding carboxylic acids is 2. The molecular formula is C20H25F2NO3. The summed E-state index contributed by atoms with van der Waals surface area (Å²) in [6, 6.07) is 1.22. The number of rotatable bonds is 7. The molecule has 1 heterocycles. The van der Waals surface area contributed by atoms with Crippen molar-refractivity contribution in [3.8, 4) is 5.75 Å². The highest BCUT2D eigenvalue weighted by molar-refractivity contribution is 5.99. The third-order valence-corrected chi connectivity index (χ3v) is 5.43. The number of fused-ring (bicyclic) bond motifs is 1. The highest BCUT2D eigenvalue weighted by atomic mass is 19.1. The summed E-state index contributed by atoms with van der Waals surface area (Å²) in [4.78, 5) is 25.1. The zero-order valence-electron chi connectivity index (χ0n) is 15.1. The van der Waals surface area contributed by atoms with E-state index in [4.69, 9.17) is 4.74 Å².